The lowest BCUT2D eigenvalue weighted by atomic mass is 10.0. The number of unbranched alkanes of at least 4 members (excludes halogenated alkanes) is 6. The van der Waals surface area contributed by atoms with Crippen LogP contribution in [0.2, 0.25) is 0 Å². The van der Waals surface area contributed by atoms with Gasteiger partial charge in [0.05, 0.1) is 32.5 Å². The molecular weight excluding hydrogens is 522 g/mol. The molecular formula is C32H39N3O6. The van der Waals surface area contributed by atoms with Crippen LogP contribution in [0, 0.1) is 0 Å². The van der Waals surface area contributed by atoms with E-state index in [9.17, 15) is 14.4 Å². The third-order valence-electron chi connectivity index (χ3n) is 6.59. The Morgan fingerprint density at radius 2 is 1.51 bits per heavy atom. The van der Waals surface area contributed by atoms with E-state index in [0.29, 0.717) is 23.5 Å². The Bertz CT molecular complexity index is 1350. The highest BCUT2D eigenvalue weighted by Gasteiger charge is 2.16. The van der Waals surface area contributed by atoms with Crippen LogP contribution >= 0.6 is 0 Å². The van der Waals surface area contributed by atoms with Crippen LogP contribution in [-0.4, -0.2) is 44.8 Å². The summed E-state index contributed by atoms with van der Waals surface area (Å²) in [5.41, 5.74) is 3.22. The Labute approximate surface area is 241 Å². The number of methoxy groups -OCH3 is 2. The number of hydrazone groups is 1. The van der Waals surface area contributed by atoms with Crippen molar-refractivity contribution in [2.45, 2.75) is 58.3 Å². The van der Waals surface area contributed by atoms with Gasteiger partial charge in [-0.25, -0.2) is 10.2 Å². The van der Waals surface area contributed by atoms with E-state index in [2.05, 4.69) is 22.8 Å². The minimum Gasteiger partial charge on any atom is -0.493 e. The molecule has 9 nitrogen and oxygen atoms in total. The second-order valence-electron chi connectivity index (χ2n) is 9.60. The third-order valence-corrected chi connectivity index (χ3v) is 6.59. The molecule has 0 heterocycles. The van der Waals surface area contributed by atoms with Crippen molar-refractivity contribution in [2.24, 2.45) is 5.10 Å². The fourth-order valence-electron chi connectivity index (χ4n) is 4.34. The quantitative estimate of drug-likeness (QED) is 0.0753. The van der Waals surface area contributed by atoms with E-state index in [1.807, 2.05) is 30.3 Å². The SMILES string of the molecule is CCCCCCCCCC(=O)NCC(=O)N/N=C/c1c(OC(=O)c2ccc(OC)c(OC)c2)ccc2ccccc12. The first kappa shape index (κ1) is 31.1. The predicted molar refractivity (Wildman–Crippen MR) is 160 cm³/mol. The summed E-state index contributed by atoms with van der Waals surface area (Å²) in [6.45, 7) is 2.01. The molecule has 3 aromatic rings. The molecule has 2 N–H and O–H groups in total. The molecule has 0 aromatic heterocycles. The second-order valence-corrected chi connectivity index (χ2v) is 9.60. The van der Waals surface area contributed by atoms with Crippen molar-refractivity contribution in [1.82, 2.24) is 10.7 Å². The van der Waals surface area contributed by atoms with Crippen LogP contribution < -0.4 is 25.0 Å². The summed E-state index contributed by atoms with van der Waals surface area (Å²) < 4.78 is 16.3. The summed E-state index contributed by atoms with van der Waals surface area (Å²) in [6.07, 6.45) is 9.68. The zero-order chi connectivity index (χ0) is 29.5. The smallest absolute Gasteiger partial charge is 0.343 e. The summed E-state index contributed by atoms with van der Waals surface area (Å²) in [4.78, 5) is 37.3. The monoisotopic (exact) mass is 561 g/mol. The molecule has 3 rings (SSSR count). The van der Waals surface area contributed by atoms with Gasteiger partial charge in [0, 0.05) is 12.0 Å². The summed E-state index contributed by atoms with van der Waals surface area (Å²) in [6, 6.07) is 15.8. The van der Waals surface area contributed by atoms with Crippen LogP contribution in [-0.2, 0) is 9.59 Å². The zero-order valence-corrected chi connectivity index (χ0v) is 24.0. The zero-order valence-electron chi connectivity index (χ0n) is 24.0. The van der Waals surface area contributed by atoms with E-state index in [1.165, 1.54) is 52.2 Å². The molecule has 218 valence electrons. The minimum atomic E-state index is -0.594. The molecule has 0 atom stereocenters. The number of ether oxygens (including phenoxy) is 3. The second kappa shape index (κ2) is 16.6. The molecule has 0 spiro atoms. The largest absolute Gasteiger partial charge is 0.493 e. The molecule has 0 fully saturated rings. The average Bonchev–Trinajstić information content (AvgIpc) is 2.99. The van der Waals surface area contributed by atoms with Gasteiger partial charge in [-0.05, 0) is 41.5 Å². The Kier molecular flexibility index (Phi) is 12.6. The number of hydrogen-bond acceptors (Lipinski definition) is 7. The van der Waals surface area contributed by atoms with E-state index in [0.717, 1.165) is 30.0 Å². The maximum Gasteiger partial charge on any atom is 0.343 e. The highest BCUT2D eigenvalue weighted by molar-refractivity contribution is 6.04. The van der Waals surface area contributed by atoms with Crippen molar-refractivity contribution in [2.75, 3.05) is 20.8 Å². The molecule has 3 aromatic carbocycles. The Balaban J connectivity index is 1.60. The Morgan fingerprint density at radius 1 is 0.805 bits per heavy atom. The summed E-state index contributed by atoms with van der Waals surface area (Å²) in [7, 11) is 3.00. The topological polar surface area (TPSA) is 115 Å². The molecule has 0 bridgehead atoms. The summed E-state index contributed by atoms with van der Waals surface area (Å²) in [5.74, 6) is -0.0470. The molecule has 0 saturated carbocycles. The van der Waals surface area contributed by atoms with Gasteiger partial charge < -0.3 is 19.5 Å². The van der Waals surface area contributed by atoms with Crippen LogP contribution in [0.25, 0.3) is 10.8 Å². The molecule has 0 radical (unpaired) electrons. The molecule has 0 aliphatic carbocycles. The van der Waals surface area contributed by atoms with Crippen LogP contribution in [0.1, 0.15) is 74.2 Å². The third kappa shape index (κ3) is 9.63. The lowest BCUT2D eigenvalue weighted by Gasteiger charge is -2.12. The van der Waals surface area contributed by atoms with Crippen molar-refractivity contribution in [1.29, 1.82) is 0 Å². The standard InChI is InChI=1S/C32H39N3O6/c1-4-5-6-7-8-9-10-15-30(36)33-22-31(37)35-34-21-26-25-14-12-11-13-23(25)16-18-27(26)41-32(38)24-17-19-28(39-2)29(20-24)40-3/h11-14,16-21H,4-10,15,22H2,1-3H3,(H,33,36)(H,35,37)/b34-21+. The van der Waals surface area contributed by atoms with E-state index >= 15 is 0 Å². The number of esters is 1. The van der Waals surface area contributed by atoms with Gasteiger partial charge in [0.1, 0.15) is 5.75 Å². The number of carbonyl (C=O) groups excluding carboxylic acids is 3. The maximum absolute atomic E-state index is 13.0. The molecule has 2 amide bonds. The van der Waals surface area contributed by atoms with Crippen molar-refractivity contribution in [3.8, 4) is 17.2 Å². The number of nitrogens with one attached hydrogen (secondary N) is 2. The van der Waals surface area contributed by atoms with Gasteiger partial charge in [-0.15, -0.1) is 0 Å². The van der Waals surface area contributed by atoms with Crippen molar-refractivity contribution in [3.05, 3.63) is 65.7 Å². The molecule has 9 heteroatoms. The number of benzene rings is 3. The average molecular weight is 562 g/mol. The lowest BCUT2D eigenvalue weighted by Crippen LogP contribution is -2.34. The predicted octanol–water partition coefficient (Wildman–Crippen LogP) is 5.78. The number of nitrogens with zero attached hydrogens (tertiary/aromatic N) is 1. The normalized spacial score (nSPS) is 10.9. The van der Waals surface area contributed by atoms with Gasteiger partial charge in [-0.3, -0.25) is 9.59 Å². The van der Waals surface area contributed by atoms with Crippen molar-refractivity contribution < 1.29 is 28.6 Å². The number of amides is 2. The van der Waals surface area contributed by atoms with E-state index in [4.69, 9.17) is 14.2 Å². The lowest BCUT2D eigenvalue weighted by molar-refractivity contribution is -0.126. The fraction of sp³-hybridized carbons (Fsp3) is 0.375. The van der Waals surface area contributed by atoms with Gasteiger partial charge in [0.2, 0.25) is 5.91 Å². The van der Waals surface area contributed by atoms with Gasteiger partial charge in [0.25, 0.3) is 5.91 Å². The minimum absolute atomic E-state index is 0.156. The van der Waals surface area contributed by atoms with Gasteiger partial charge in [0.15, 0.2) is 11.5 Å². The van der Waals surface area contributed by atoms with Crippen molar-refractivity contribution in [3.63, 3.8) is 0 Å². The van der Waals surface area contributed by atoms with E-state index in [1.54, 1.807) is 18.2 Å². The number of hydrogen-bond donors (Lipinski definition) is 2. The Hall–Kier alpha value is -4.40. The molecule has 0 aliphatic rings. The number of carbonyl (C=O) groups is 3. The highest BCUT2D eigenvalue weighted by Crippen LogP contribution is 2.30. The summed E-state index contributed by atoms with van der Waals surface area (Å²) in [5, 5.41) is 8.39. The van der Waals surface area contributed by atoms with Crippen LogP contribution in [0.5, 0.6) is 17.2 Å². The molecule has 0 aliphatic heterocycles. The summed E-state index contributed by atoms with van der Waals surface area (Å²) >= 11 is 0. The molecule has 0 unspecified atom stereocenters. The van der Waals surface area contributed by atoms with Crippen LogP contribution in [0.4, 0.5) is 0 Å². The van der Waals surface area contributed by atoms with Gasteiger partial charge >= 0.3 is 5.97 Å². The first-order valence-electron chi connectivity index (χ1n) is 14.0. The first-order chi connectivity index (χ1) is 20.0. The maximum atomic E-state index is 13.0. The number of rotatable bonds is 16. The van der Waals surface area contributed by atoms with Gasteiger partial charge in [-0.2, -0.15) is 5.10 Å². The van der Waals surface area contributed by atoms with Crippen LogP contribution in [0.15, 0.2) is 59.7 Å². The van der Waals surface area contributed by atoms with Crippen LogP contribution in [0.3, 0.4) is 0 Å². The van der Waals surface area contributed by atoms with Gasteiger partial charge in [-0.1, -0.05) is 75.8 Å². The number of fused-ring (bicyclic) bond motifs is 1. The molecule has 0 saturated heterocycles. The van der Waals surface area contributed by atoms with E-state index in [-0.39, 0.29) is 23.8 Å². The fourth-order valence-corrected chi connectivity index (χ4v) is 4.34. The highest BCUT2D eigenvalue weighted by atomic mass is 16.5. The first-order valence-corrected chi connectivity index (χ1v) is 14.0. The van der Waals surface area contributed by atoms with E-state index < -0.39 is 11.9 Å². The Morgan fingerprint density at radius 3 is 2.27 bits per heavy atom. The van der Waals surface area contributed by atoms with Crippen molar-refractivity contribution >= 4 is 34.8 Å². The molecule has 41 heavy (non-hydrogen) atoms.